The van der Waals surface area contributed by atoms with Gasteiger partial charge >= 0.3 is 0 Å². The third kappa shape index (κ3) is 4.52. The summed E-state index contributed by atoms with van der Waals surface area (Å²) in [6.45, 7) is 6.61. The summed E-state index contributed by atoms with van der Waals surface area (Å²) >= 11 is 0. The number of carbonyl (C=O) groups is 3. The van der Waals surface area contributed by atoms with Gasteiger partial charge in [0, 0.05) is 35.1 Å². The smallest absolute Gasteiger partial charge is 0.255 e. The average molecular weight is 501 g/mol. The zero-order chi connectivity index (χ0) is 26.1. The SMILES string of the molecule is CCCCCCNC(=O)[C@@H](NC(=O)[C@@H]1Cc2c([nH]c3ccccc23)[C@H]2c3ccccc3C(=O)N21)C(C)C. The number of H-pyrrole nitrogens is 1. The highest BCUT2D eigenvalue weighted by Gasteiger charge is 2.49. The van der Waals surface area contributed by atoms with Crippen LogP contribution in [0.2, 0.25) is 0 Å². The van der Waals surface area contributed by atoms with Gasteiger partial charge in [-0.2, -0.15) is 0 Å². The number of hydrogen-bond donors (Lipinski definition) is 3. The van der Waals surface area contributed by atoms with Crippen LogP contribution in [0.3, 0.4) is 0 Å². The second-order valence-electron chi connectivity index (χ2n) is 10.6. The molecule has 0 aliphatic carbocycles. The van der Waals surface area contributed by atoms with Gasteiger partial charge in [0.1, 0.15) is 12.1 Å². The number of aromatic nitrogens is 1. The number of benzene rings is 2. The van der Waals surface area contributed by atoms with Crippen LogP contribution in [0.4, 0.5) is 0 Å². The molecule has 3 amide bonds. The first-order valence-corrected chi connectivity index (χ1v) is 13.5. The Morgan fingerprint density at radius 1 is 1.05 bits per heavy atom. The first-order chi connectivity index (χ1) is 17.9. The fourth-order valence-corrected chi connectivity index (χ4v) is 5.80. The molecule has 7 nitrogen and oxygen atoms in total. The molecule has 2 aromatic carbocycles. The Bertz CT molecular complexity index is 1330. The maximum atomic E-state index is 13.8. The second kappa shape index (κ2) is 10.4. The van der Waals surface area contributed by atoms with Crippen LogP contribution in [-0.2, 0) is 16.0 Å². The van der Waals surface area contributed by atoms with Crippen molar-refractivity contribution in [3.63, 3.8) is 0 Å². The molecule has 0 saturated carbocycles. The van der Waals surface area contributed by atoms with Crippen molar-refractivity contribution in [1.82, 2.24) is 20.5 Å². The average Bonchev–Trinajstić information content (AvgIpc) is 3.42. The summed E-state index contributed by atoms with van der Waals surface area (Å²) in [6.07, 6.45) is 4.67. The van der Waals surface area contributed by atoms with E-state index >= 15 is 0 Å². The van der Waals surface area contributed by atoms with Crippen LogP contribution in [0.5, 0.6) is 0 Å². The molecular formula is C30H36N4O3. The quantitative estimate of drug-likeness (QED) is 0.378. The molecule has 3 heterocycles. The van der Waals surface area contributed by atoms with Crippen LogP contribution < -0.4 is 10.6 Å². The number of nitrogens with one attached hydrogen (secondary N) is 3. The number of aromatic amines is 1. The Kier molecular flexibility index (Phi) is 7.04. The van der Waals surface area contributed by atoms with Crippen LogP contribution >= 0.6 is 0 Å². The molecule has 37 heavy (non-hydrogen) atoms. The van der Waals surface area contributed by atoms with Crippen molar-refractivity contribution in [1.29, 1.82) is 0 Å². The number of para-hydroxylation sites is 1. The Morgan fingerprint density at radius 3 is 2.59 bits per heavy atom. The highest BCUT2D eigenvalue weighted by atomic mass is 16.2. The highest BCUT2D eigenvalue weighted by Crippen LogP contribution is 2.46. The Morgan fingerprint density at radius 2 is 1.81 bits per heavy atom. The summed E-state index contributed by atoms with van der Waals surface area (Å²) in [6, 6.07) is 13.9. The van der Waals surface area contributed by atoms with Gasteiger partial charge in [0.2, 0.25) is 11.8 Å². The van der Waals surface area contributed by atoms with E-state index in [1.54, 1.807) is 4.90 Å². The maximum absolute atomic E-state index is 13.8. The van der Waals surface area contributed by atoms with Crippen molar-refractivity contribution in [2.75, 3.05) is 6.54 Å². The van der Waals surface area contributed by atoms with Gasteiger partial charge in [-0.05, 0) is 35.6 Å². The van der Waals surface area contributed by atoms with Gasteiger partial charge < -0.3 is 20.5 Å². The van der Waals surface area contributed by atoms with Crippen molar-refractivity contribution < 1.29 is 14.4 Å². The Labute approximate surface area is 218 Å². The van der Waals surface area contributed by atoms with E-state index in [2.05, 4.69) is 28.6 Å². The molecule has 0 saturated heterocycles. The third-order valence-corrected chi connectivity index (χ3v) is 7.73. The van der Waals surface area contributed by atoms with Crippen molar-refractivity contribution >= 4 is 28.6 Å². The lowest BCUT2D eigenvalue weighted by molar-refractivity contribution is -0.132. The minimum absolute atomic E-state index is 0.0888. The summed E-state index contributed by atoms with van der Waals surface area (Å²) in [4.78, 5) is 45.7. The number of hydrogen-bond acceptors (Lipinski definition) is 3. The predicted octanol–water partition coefficient (Wildman–Crippen LogP) is 4.48. The minimum Gasteiger partial charge on any atom is -0.356 e. The van der Waals surface area contributed by atoms with Crippen molar-refractivity contribution in [2.24, 2.45) is 5.92 Å². The molecule has 1 aromatic heterocycles. The molecule has 0 unspecified atom stereocenters. The molecule has 3 atom stereocenters. The van der Waals surface area contributed by atoms with Gasteiger partial charge in [0.05, 0.1) is 6.04 Å². The lowest BCUT2D eigenvalue weighted by Gasteiger charge is -2.38. The normalized spacial score (nSPS) is 18.9. The molecule has 2 aliphatic rings. The molecular weight excluding hydrogens is 464 g/mol. The third-order valence-electron chi connectivity index (χ3n) is 7.73. The minimum atomic E-state index is -0.713. The predicted molar refractivity (Wildman–Crippen MR) is 144 cm³/mol. The zero-order valence-corrected chi connectivity index (χ0v) is 21.8. The van der Waals surface area contributed by atoms with Gasteiger partial charge in [-0.25, -0.2) is 0 Å². The number of fused-ring (bicyclic) bond motifs is 7. The number of amides is 3. The zero-order valence-electron chi connectivity index (χ0n) is 21.8. The van der Waals surface area contributed by atoms with Crippen LogP contribution in [0.1, 0.15) is 79.7 Å². The molecule has 7 heteroatoms. The van der Waals surface area contributed by atoms with E-state index in [4.69, 9.17) is 0 Å². The van der Waals surface area contributed by atoms with E-state index in [0.29, 0.717) is 18.5 Å². The fourth-order valence-electron chi connectivity index (χ4n) is 5.80. The van der Waals surface area contributed by atoms with Gasteiger partial charge in [-0.15, -0.1) is 0 Å². The lowest BCUT2D eigenvalue weighted by Crippen LogP contribution is -2.57. The molecule has 0 spiro atoms. The van der Waals surface area contributed by atoms with Gasteiger partial charge in [-0.1, -0.05) is 76.4 Å². The van der Waals surface area contributed by atoms with Crippen molar-refractivity contribution in [3.8, 4) is 0 Å². The van der Waals surface area contributed by atoms with Crippen LogP contribution in [0.15, 0.2) is 48.5 Å². The fraction of sp³-hybridized carbons (Fsp3) is 0.433. The van der Waals surface area contributed by atoms with E-state index in [1.165, 1.54) is 0 Å². The van der Waals surface area contributed by atoms with E-state index < -0.39 is 12.1 Å². The van der Waals surface area contributed by atoms with Crippen molar-refractivity contribution in [2.45, 2.75) is 71.0 Å². The maximum Gasteiger partial charge on any atom is 0.255 e. The molecule has 5 rings (SSSR count). The number of unbranched alkanes of at least 4 members (excludes halogenated alkanes) is 3. The summed E-state index contributed by atoms with van der Waals surface area (Å²) in [5.41, 5.74) is 4.55. The van der Waals surface area contributed by atoms with Gasteiger partial charge in [-0.3, -0.25) is 14.4 Å². The first kappa shape index (κ1) is 25.1. The summed E-state index contributed by atoms with van der Waals surface area (Å²) in [7, 11) is 0. The molecule has 0 radical (unpaired) electrons. The van der Waals surface area contributed by atoms with Gasteiger partial charge in [0.15, 0.2) is 0 Å². The highest BCUT2D eigenvalue weighted by molar-refractivity contribution is 6.04. The molecule has 0 bridgehead atoms. The molecule has 194 valence electrons. The van der Waals surface area contributed by atoms with E-state index in [0.717, 1.165) is 53.4 Å². The first-order valence-electron chi connectivity index (χ1n) is 13.5. The molecule has 3 aromatic rings. The number of nitrogens with zero attached hydrogens (tertiary/aromatic N) is 1. The molecule has 2 aliphatic heterocycles. The molecule has 3 N–H and O–H groups in total. The summed E-state index contributed by atoms with van der Waals surface area (Å²) in [5.74, 6) is -0.696. The standard InChI is InChI=1S/C30H36N4O3/c1-4-5-6-11-16-31-29(36)25(18(2)3)33-28(35)24-17-22-19-12-9-10-15-23(19)32-26(22)27-20-13-7-8-14-21(20)30(37)34(24)27/h7-10,12-15,18,24-25,27,32H,4-6,11,16-17H2,1-3H3,(H,31,36)(H,33,35)/t24-,25-,27+/m0/s1. The molecule has 0 fully saturated rings. The Balaban J connectivity index is 1.44. The topological polar surface area (TPSA) is 94.3 Å². The number of rotatable bonds is 9. The van der Waals surface area contributed by atoms with E-state index in [1.807, 2.05) is 56.3 Å². The van der Waals surface area contributed by atoms with Crippen LogP contribution in [-0.4, -0.2) is 46.2 Å². The van der Waals surface area contributed by atoms with E-state index in [9.17, 15) is 14.4 Å². The van der Waals surface area contributed by atoms with Crippen molar-refractivity contribution in [3.05, 3.63) is 70.9 Å². The van der Waals surface area contributed by atoms with Crippen LogP contribution in [0, 0.1) is 5.92 Å². The summed E-state index contributed by atoms with van der Waals surface area (Å²) in [5, 5.41) is 7.08. The monoisotopic (exact) mass is 500 g/mol. The number of carbonyl (C=O) groups excluding carboxylic acids is 3. The lowest BCUT2D eigenvalue weighted by atomic mass is 9.89. The largest absolute Gasteiger partial charge is 0.356 e. The van der Waals surface area contributed by atoms with E-state index in [-0.39, 0.29) is 29.7 Å². The van der Waals surface area contributed by atoms with Gasteiger partial charge in [0.25, 0.3) is 5.91 Å². The second-order valence-corrected chi connectivity index (χ2v) is 10.6. The van der Waals surface area contributed by atoms with Crippen LogP contribution in [0.25, 0.3) is 10.9 Å². The summed E-state index contributed by atoms with van der Waals surface area (Å²) < 4.78 is 0. The Hall–Kier alpha value is -3.61.